The molecular weight excluding hydrogens is 220 g/mol. The first-order valence-corrected chi connectivity index (χ1v) is 5.67. The molecule has 5 heteroatoms. The first-order chi connectivity index (χ1) is 7.77. The summed E-state index contributed by atoms with van der Waals surface area (Å²) in [5.74, 6) is -1.25. The van der Waals surface area contributed by atoms with Crippen LogP contribution in [0.15, 0.2) is 12.7 Å². The number of hydrogen-bond acceptors (Lipinski definition) is 2. The largest absolute Gasteiger partial charge is 0.481 e. The smallest absolute Gasteiger partial charge is 0.320 e. The lowest BCUT2D eigenvalue weighted by molar-refractivity contribution is -0.146. The van der Waals surface area contributed by atoms with Crippen molar-refractivity contribution in [3.8, 4) is 0 Å². The Balaban J connectivity index is 2.62. The summed E-state index contributed by atoms with van der Waals surface area (Å²) in [6.45, 7) is 10.6. The summed E-state index contributed by atoms with van der Waals surface area (Å²) in [4.78, 5) is 26.1. The van der Waals surface area contributed by atoms with Crippen LogP contribution >= 0.6 is 0 Å². The van der Waals surface area contributed by atoms with Crippen molar-refractivity contribution < 1.29 is 14.7 Å². The number of amides is 2. The zero-order chi connectivity index (χ0) is 13.2. The Morgan fingerprint density at radius 2 is 2.00 bits per heavy atom. The maximum Gasteiger partial charge on any atom is 0.320 e. The van der Waals surface area contributed by atoms with E-state index in [0.29, 0.717) is 19.6 Å². The Kier molecular flexibility index (Phi) is 3.80. The first kappa shape index (κ1) is 13.5. The van der Waals surface area contributed by atoms with Gasteiger partial charge in [-0.05, 0) is 20.8 Å². The quantitative estimate of drug-likeness (QED) is 0.759. The fourth-order valence-electron chi connectivity index (χ4n) is 1.73. The molecule has 96 valence electrons. The van der Waals surface area contributed by atoms with E-state index in [1.165, 1.54) is 0 Å². The van der Waals surface area contributed by atoms with Gasteiger partial charge >= 0.3 is 12.0 Å². The van der Waals surface area contributed by atoms with Crippen LogP contribution in [0.3, 0.4) is 0 Å². The number of aliphatic carboxylic acids is 1. The van der Waals surface area contributed by atoms with E-state index < -0.39 is 11.9 Å². The summed E-state index contributed by atoms with van der Waals surface area (Å²) in [6, 6.07) is -0.116. The molecule has 0 spiro atoms. The van der Waals surface area contributed by atoms with Gasteiger partial charge in [-0.25, -0.2) is 4.79 Å². The minimum atomic E-state index is -0.833. The number of carbonyl (C=O) groups is 2. The van der Waals surface area contributed by atoms with Crippen molar-refractivity contribution in [1.82, 2.24) is 9.80 Å². The van der Waals surface area contributed by atoms with Crippen molar-refractivity contribution in [3.05, 3.63) is 12.7 Å². The molecule has 1 aliphatic heterocycles. The molecule has 0 unspecified atom stereocenters. The van der Waals surface area contributed by atoms with Crippen LogP contribution in [0.4, 0.5) is 4.79 Å². The van der Waals surface area contributed by atoms with Crippen molar-refractivity contribution in [2.45, 2.75) is 26.3 Å². The van der Waals surface area contributed by atoms with Gasteiger partial charge in [0.05, 0.1) is 5.92 Å². The van der Waals surface area contributed by atoms with Gasteiger partial charge in [0.25, 0.3) is 0 Å². The summed E-state index contributed by atoms with van der Waals surface area (Å²) in [5, 5.41) is 8.77. The van der Waals surface area contributed by atoms with Crippen molar-refractivity contribution in [1.29, 1.82) is 0 Å². The average molecular weight is 240 g/mol. The highest BCUT2D eigenvalue weighted by Gasteiger charge is 2.39. The zero-order valence-electron chi connectivity index (χ0n) is 10.6. The lowest BCUT2D eigenvalue weighted by atomic mass is 10.00. The Morgan fingerprint density at radius 1 is 1.47 bits per heavy atom. The van der Waals surface area contributed by atoms with Crippen LogP contribution in [0.1, 0.15) is 20.8 Å². The highest BCUT2D eigenvalue weighted by molar-refractivity contribution is 5.80. The van der Waals surface area contributed by atoms with Gasteiger partial charge in [-0.3, -0.25) is 4.79 Å². The Morgan fingerprint density at radius 3 is 2.35 bits per heavy atom. The van der Waals surface area contributed by atoms with Gasteiger partial charge in [-0.15, -0.1) is 6.58 Å². The van der Waals surface area contributed by atoms with Crippen molar-refractivity contribution in [2.75, 3.05) is 19.6 Å². The van der Waals surface area contributed by atoms with Crippen molar-refractivity contribution in [3.63, 3.8) is 0 Å². The van der Waals surface area contributed by atoms with Crippen LogP contribution in [0, 0.1) is 5.92 Å². The second-order valence-electron chi connectivity index (χ2n) is 5.29. The molecule has 0 aliphatic carbocycles. The third-order valence-electron chi connectivity index (χ3n) is 2.85. The fraction of sp³-hybridized carbons (Fsp3) is 0.667. The van der Waals surface area contributed by atoms with E-state index in [2.05, 4.69) is 6.58 Å². The summed E-state index contributed by atoms with van der Waals surface area (Å²) in [6.07, 6.45) is 1.68. The van der Waals surface area contributed by atoms with E-state index >= 15 is 0 Å². The van der Waals surface area contributed by atoms with Gasteiger partial charge in [0.15, 0.2) is 0 Å². The normalized spacial score (nSPS) is 16.3. The molecule has 1 fully saturated rings. The molecule has 0 atom stereocenters. The van der Waals surface area contributed by atoms with Gasteiger partial charge < -0.3 is 14.9 Å². The SMILES string of the molecule is C=CCN(C(=O)N1CC(C(=O)O)C1)C(C)(C)C. The molecule has 0 aromatic carbocycles. The molecule has 0 bridgehead atoms. The highest BCUT2D eigenvalue weighted by atomic mass is 16.4. The molecule has 2 amide bonds. The van der Waals surface area contributed by atoms with Gasteiger partial charge in [-0.1, -0.05) is 6.08 Å². The van der Waals surface area contributed by atoms with Crippen molar-refractivity contribution in [2.24, 2.45) is 5.92 Å². The summed E-state index contributed by atoms with van der Waals surface area (Å²) >= 11 is 0. The minimum absolute atomic E-state index is 0.116. The van der Waals surface area contributed by atoms with Crippen LogP contribution in [0.25, 0.3) is 0 Å². The van der Waals surface area contributed by atoms with Crippen LogP contribution in [-0.2, 0) is 4.79 Å². The summed E-state index contributed by atoms with van der Waals surface area (Å²) in [7, 11) is 0. The molecule has 1 heterocycles. The number of carbonyl (C=O) groups excluding carboxylic acids is 1. The fourth-order valence-corrected chi connectivity index (χ4v) is 1.73. The van der Waals surface area contributed by atoms with E-state index in [-0.39, 0.29) is 11.6 Å². The van der Waals surface area contributed by atoms with E-state index in [1.807, 2.05) is 20.8 Å². The second-order valence-corrected chi connectivity index (χ2v) is 5.29. The van der Waals surface area contributed by atoms with E-state index in [9.17, 15) is 9.59 Å². The number of likely N-dealkylation sites (tertiary alicyclic amines) is 1. The molecule has 17 heavy (non-hydrogen) atoms. The van der Waals surface area contributed by atoms with Gasteiger partial charge in [0, 0.05) is 25.2 Å². The molecule has 0 aromatic heterocycles. The van der Waals surface area contributed by atoms with Gasteiger partial charge in [0.2, 0.25) is 0 Å². The Bertz CT molecular complexity index is 327. The maximum absolute atomic E-state index is 12.1. The lowest BCUT2D eigenvalue weighted by Crippen LogP contribution is -2.60. The predicted octanol–water partition coefficient (Wildman–Crippen LogP) is 1.41. The molecule has 1 rings (SSSR count). The number of rotatable bonds is 3. The first-order valence-electron chi connectivity index (χ1n) is 5.67. The minimum Gasteiger partial charge on any atom is -0.481 e. The van der Waals surface area contributed by atoms with Crippen molar-refractivity contribution >= 4 is 12.0 Å². The molecule has 5 nitrogen and oxygen atoms in total. The third kappa shape index (κ3) is 2.99. The zero-order valence-corrected chi connectivity index (χ0v) is 10.6. The lowest BCUT2D eigenvalue weighted by Gasteiger charge is -2.44. The summed E-state index contributed by atoms with van der Waals surface area (Å²) in [5.41, 5.74) is -0.292. The highest BCUT2D eigenvalue weighted by Crippen LogP contribution is 2.22. The second kappa shape index (κ2) is 4.77. The molecule has 1 saturated heterocycles. The maximum atomic E-state index is 12.1. The molecular formula is C12H20N2O3. The standard InChI is InChI=1S/C12H20N2O3/c1-5-6-14(12(2,3)4)11(17)13-7-9(8-13)10(15)16/h5,9H,1,6-8H2,2-4H3,(H,15,16). The molecule has 1 aliphatic rings. The molecule has 0 saturated carbocycles. The van der Waals surface area contributed by atoms with Crippen LogP contribution in [0.5, 0.6) is 0 Å². The Labute approximate surface area is 102 Å². The Hall–Kier alpha value is -1.52. The van der Waals surface area contributed by atoms with Gasteiger partial charge in [0.1, 0.15) is 0 Å². The topological polar surface area (TPSA) is 60.9 Å². The van der Waals surface area contributed by atoms with E-state index in [1.54, 1.807) is 15.9 Å². The predicted molar refractivity (Wildman–Crippen MR) is 64.8 cm³/mol. The van der Waals surface area contributed by atoms with Crippen LogP contribution in [-0.4, -0.2) is 52.1 Å². The van der Waals surface area contributed by atoms with E-state index in [4.69, 9.17) is 5.11 Å². The van der Waals surface area contributed by atoms with Crippen LogP contribution in [0.2, 0.25) is 0 Å². The number of urea groups is 1. The average Bonchev–Trinajstić information content (AvgIpc) is 2.08. The van der Waals surface area contributed by atoms with Crippen LogP contribution < -0.4 is 0 Å². The third-order valence-corrected chi connectivity index (χ3v) is 2.85. The number of carboxylic acid groups (broad SMARTS) is 1. The van der Waals surface area contributed by atoms with Gasteiger partial charge in [-0.2, -0.15) is 0 Å². The summed E-state index contributed by atoms with van der Waals surface area (Å²) < 4.78 is 0. The number of hydrogen-bond donors (Lipinski definition) is 1. The molecule has 1 N–H and O–H groups in total. The number of carboxylic acids is 1. The molecule has 0 aromatic rings. The molecule has 0 radical (unpaired) electrons. The monoisotopic (exact) mass is 240 g/mol. The van der Waals surface area contributed by atoms with E-state index in [0.717, 1.165) is 0 Å². The number of nitrogens with zero attached hydrogens (tertiary/aromatic N) is 2.